The molecule has 0 aliphatic rings. The second kappa shape index (κ2) is 9.94. The zero-order valence-corrected chi connectivity index (χ0v) is 13.1. The van der Waals surface area contributed by atoms with Gasteiger partial charge in [0.05, 0.1) is 0 Å². The Morgan fingerprint density at radius 3 is 2.24 bits per heavy atom. The van der Waals surface area contributed by atoms with E-state index in [-0.39, 0.29) is 15.3 Å². The Kier molecular flexibility index (Phi) is 8.59. The summed E-state index contributed by atoms with van der Waals surface area (Å²) in [5, 5.41) is 0. The van der Waals surface area contributed by atoms with Crippen LogP contribution in [-0.2, 0) is 20.3 Å². The van der Waals surface area contributed by atoms with Gasteiger partial charge in [0, 0.05) is 19.3 Å². The first kappa shape index (κ1) is 18.2. The summed E-state index contributed by atoms with van der Waals surface area (Å²) in [6.07, 6.45) is 0.929. The van der Waals surface area contributed by atoms with E-state index in [0.717, 1.165) is 6.07 Å². The van der Waals surface area contributed by atoms with Crippen LogP contribution < -0.4 is 0 Å². The lowest BCUT2D eigenvalue weighted by Crippen LogP contribution is -2.23. The van der Waals surface area contributed by atoms with Gasteiger partial charge in [0.2, 0.25) is 9.76 Å². The molecule has 1 aromatic carbocycles. The molecule has 3 nitrogen and oxygen atoms in total. The third-order valence-electron chi connectivity index (χ3n) is 2.60. The molecule has 0 N–H and O–H groups in total. The van der Waals surface area contributed by atoms with Gasteiger partial charge in [-0.2, -0.15) is 0 Å². The van der Waals surface area contributed by atoms with Crippen LogP contribution in [0.4, 0.5) is 13.2 Å². The lowest BCUT2D eigenvalue weighted by Gasteiger charge is -2.16. The highest BCUT2D eigenvalue weighted by Crippen LogP contribution is 2.16. The van der Waals surface area contributed by atoms with Crippen molar-refractivity contribution in [3.8, 4) is 0 Å². The Labute approximate surface area is 125 Å². The highest BCUT2D eigenvalue weighted by molar-refractivity contribution is 6.27. The molecule has 7 heteroatoms. The van der Waals surface area contributed by atoms with Gasteiger partial charge in [-0.05, 0) is 44.4 Å². The van der Waals surface area contributed by atoms with Crippen LogP contribution in [0.3, 0.4) is 0 Å². The van der Waals surface area contributed by atoms with Crippen molar-refractivity contribution >= 4 is 9.76 Å². The fourth-order valence-electron chi connectivity index (χ4n) is 1.62. The molecule has 0 aliphatic carbocycles. The van der Waals surface area contributed by atoms with Crippen molar-refractivity contribution in [3.63, 3.8) is 0 Å². The number of rotatable bonds is 10. The maximum absolute atomic E-state index is 13.4. The van der Waals surface area contributed by atoms with Crippen LogP contribution in [0.1, 0.15) is 25.8 Å². The van der Waals surface area contributed by atoms with Crippen LogP contribution in [-0.4, -0.2) is 29.5 Å². The van der Waals surface area contributed by atoms with Crippen molar-refractivity contribution < 1.29 is 27.1 Å². The molecule has 0 bridgehead atoms. The van der Waals surface area contributed by atoms with Crippen molar-refractivity contribution in [1.29, 1.82) is 0 Å². The Morgan fingerprint density at radius 1 is 1.00 bits per heavy atom. The minimum atomic E-state index is -1.17. The van der Waals surface area contributed by atoms with E-state index >= 15 is 0 Å². The van der Waals surface area contributed by atoms with E-state index < -0.39 is 23.9 Å². The fraction of sp³-hybridized carbons (Fsp3) is 0.571. The molecular formula is C14H19F3O3Si. The number of aryl methyl sites for hydroxylation is 1. The van der Waals surface area contributed by atoms with Crippen molar-refractivity contribution in [1.82, 2.24) is 0 Å². The lowest BCUT2D eigenvalue weighted by atomic mass is 10.1. The van der Waals surface area contributed by atoms with Gasteiger partial charge in [0.15, 0.2) is 11.6 Å². The predicted octanol–water partition coefficient (Wildman–Crippen LogP) is 3.45. The first-order valence-corrected chi connectivity index (χ1v) is 7.95. The Hall–Kier alpha value is -0.893. The second-order valence-corrected chi connectivity index (χ2v) is 5.20. The summed E-state index contributed by atoms with van der Waals surface area (Å²) in [5.74, 6) is -2.92. The molecule has 0 saturated heterocycles. The van der Waals surface area contributed by atoms with E-state index in [1.807, 2.05) is 13.8 Å². The summed E-state index contributed by atoms with van der Waals surface area (Å²) in [6.45, 7) is 3.96. The normalized spacial score (nSPS) is 11.3. The van der Waals surface area contributed by atoms with E-state index in [4.69, 9.17) is 13.9 Å². The molecule has 0 fully saturated rings. The van der Waals surface area contributed by atoms with Crippen molar-refractivity contribution in [2.45, 2.75) is 39.2 Å². The number of hydrogen-bond donors (Lipinski definition) is 0. The maximum atomic E-state index is 13.4. The standard InChI is InChI=1S/C14H19F3O3Si/c1-3-18-14(19-4-2)20-21-7-5-6-10-8-12(16)13(17)9-11(10)15/h8-9,14H,3-7H2,1-2H3. The van der Waals surface area contributed by atoms with Gasteiger partial charge in [0.25, 0.3) is 6.48 Å². The van der Waals surface area contributed by atoms with E-state index in [1.165, 1.54) is 0 Å². The Balaban J connectivity index is 2.29. The molecule has 1 rings (SSSR count). The molecule has 0 heterocycles. The van der Waals surface area contributed by atoms with Crippen molar-refractivity contribution in [2.24, 2.45) is 0 Å². The SMILES string of the molecule is CCOC(OCC)O[Si]CCCc1cc(F)c(F)cc1F. The molecular weight excluding hydrogens is 301 g/mol. The van der Waals surface area contributed by atoms with E-state index in [0.29, 0.717) is 38.2 Å². The number of ether oxygens (including phenoxy) is 2. The zero-order valence-electron chi connectivity index (χ0n) is 12.1. The van der Waals surface area contributed by atoms with E-state index in [2.05, 4.69) is 0 Å². The molecule has 0 aliphatic heterocycles. The van der Waals surface area contributed by atoms with E-state index in [1.54, 1.807) is 0 Å². The molecule has 118 valence electrons. The van der Waals surface area contributed by atoms with Crippen LogP contribution in [0.5, 0.6) is 0 Å². The summed E-state index contributed by atoms with van der Waals surface area (Å²) in [4.78, 5) is 0. The summed E-state index contributed by atoms with van der Waals surface area (Å²) < 4.78 is 55.0. The minimum absolute atomic E-state index is 0.135. The third-order valence-corrected chi connectivity index (χ3v) is 3.52. The van der Waals surface area contributed by atoms with Crippen molar-refractivity contribution in [3.05, 3.63) is 35.1 Å². The summed E-state index contributed by atoms with van der Waals surface area (Å²) in [6, 6.07) is 2.14. The third kappa shape index (κ3) is 6.60. The van der Waals surface area contributed by atoms with Crippen LogP contribution in [0.25, 0.3) is 0 Å². The molecule has 0 aromatic heterocycles. The monoisotopic (exact) mass is 320 g/mol. The van der Waals surface area contributed by atoms with Crippen LogP contribution in [0, 0.1) is 17.5 Å². The molecule has 0 spiro atoms. The zero-order chi connectivity index (χ0) is 15.7. The first-order valence-electron chi connectivity index (χ1n) is 6.83. The average Bonchev–Trinajstić information content (AvgIpc) is 2.44. The topological polar surface area (TPSA) is 27.7 Å². The maximum Gasteiger partial charge on any atom is 0.261 e. The summed E-state index contributed by atoms with van der Waals surface area (Å²) in [5.41, 5.74) is 0.171. The second-order valence-electron chi connectivity index (χ2n) is 4.17. The minimum Gasteiger partial charge on any atom is -0.372 e. The van der Waals surface area contributed by atoms with Gasteiger partial charge < -0.3 is 13.9 Å². The smallest absolute Gasteiger partial charge is 0.261 e. The fourth-order valence-corrected chi connectivity index (χ4v) is 2.33. The molecule has 1 aromatic rings. The summed E-state index contributed by atoms with van der Waals surface area (Å²) >= 11 is 0. The number of benzene rings is 1. The van der Waals surface area contributed by atoms with Gasteiger partial charge in [-0.15, -0.1) is 0 Å². The molecule has 2 radical (unpaired) electrons. The highest BCUT2D eigenvalue weighted by Gasteiger charge is 2.11. The van der Waals surface area contributed by atoms with Crippen molar-refractivity contribution in [2.75, 3.05) is 13.2 Å². The van der Waals surface area contributed by atoms with Gasteiger partial charge in [-0.25, -0.2) is 13.2 Å². The van der Waals surface area contributed by atoms with Gasteiger partial charge in [0.1, 0.15) is 5.82 Å². The quantitative estimate of drug-likeness (QED) is 0.286. The van der Waals surface area contributed by atoms with Crippen LogP contribution >= 0.6 is 0 Å². The molecule has 0 atom stereocenters. The van der Waals surface area contributed by atoms with Gasteiger partial charge in [-0.1, -0.05) is 0 Å². The Bertz CT molecular complexity index is 426. The van der Waals surface area contributed by atoms with E-state index in [9.17, 15) is 13.2 Å². The number of halogens is 3. The Morgan fingerprint density at radius 2 is 1.62 bits per heavy atom. The predicted molar refractivity (Wildman–Crippen MR) is 73.3 cm³/mol. The van der Waals surface area contributed by atoms with Gasteiger partial charge >= 0.3 is 0 Å². The van der Waals surface area contributed by atoms with Crippen LogP contribution in [0.15, 0.2) is 12.1 Å². The van der Waals surface area contributed by atoms with Gasteiger partial charge in [-0.3, -0.25) is 0 Å². The largest absolute Gasteiger partial charge is 0.372 e. The highest BCUT2D eigenvalue weighted by atomic mass is 28.2. The number of hydrogen-bond acceptors (Lipinski definition) is 3. The molecule has 0 unspecified atom stereocenters. The summed E-state index contributed by atoms with van der Waals surface area (Å²) in [7, 11) is 0.135. The molecule has 21 heavy (non-hydrogen) atoms. The molecule has 0 saturated carbocycles. The first-order chi connectivity index (χ1) is 10.1. The molecule has 0 amide bonds. The average molecular weight is 320 g/mol. The lowest BCUT2D eigenvalue weighted by molar-refractivity contribution is -0.243. The van der Waals surface area contributed by atoms with Crippen LogP contribution in [0.2, 0.25) is 6.04 Å².